The maximum atomic E-state index is 13.1. The number of hydrogen-bond donors (Lipinski definition) is 1. The van der Waals surface area contributed by atoms with Gasteiger partial charge in [0.15, 0.2) is 0 Å². The van der Waals surface area contributed by atoms with Gasteiger partial charge < -0.3 is 10.1 Å². The van der Waals surface area contributed by atoms with Crippen molar-refractivity contribution in [2.75, 3.05) is 33.8 Å². The van der Waals surface area contributed by atoms with Crippen LogP contribution in [-0.2, 0) is 14.4 Å². The second-order valence-corrected chi connectivity index (χ2v) is 7.87. The van der Waals surface area contributed by atoms with Gasteiger partial charge in [-0.25, -0.2) is 9.45 Å². The van der Waals surface area contributed by atoms with Crippen molar-refractivity contribution in [3.8, 4) is 0 Å². The highest BCUT2D eigenvalue weighted by Crippen LogP contribution is 2.25. The quantitative estimate of drug-likeness (QED) is 0.321. The van der Waals surface area contributed by atoms with Crippen LogP contribution >= 0.6 is 0 Å². The monoisotopic (exact) mass is 409 g/mol. The Kier molecular flexibility index (Phi) is 9.17. The third-order valence-electron chi connectivity index (χ3n) is 5.54. The first-order valence-corrected chi connectivity index (χ1v) is 10.5. The van der Waals surface area contributed by atoms with Gasteiger partial charge in [-0.3, -0.25) is 14.5 Å². The van der Waals surface area contributed by atoms with E-state index < -0.39 is 12.2 Å². The van der Waals surface area contributed by atoms with E-state index in [4.69, 9.17) is 9.57 Å². The molecule has 0 amide bonds. The summed E-state index contributed by atoms with van der Waals surface area (Å²) in [7, 11) is 3.29. The van der Waals surface area contributed by atoms with Gasteiger partial charge in [-0.2, -0.15) is 0 Å². The first kappa shape index (κ1) is 23.4. The van der Waals surface area contributed by atoms with Crippen LogP contribution in [0.2, 0.25) is 0 Å². The number of carbonyl (C=O) groups is 1. The molecule has 1 saturated heterocycles. The Bertz CT molecular complexity index is 620. The van der Waals surface area contributed by atoms with Gasteiger partial charge in [0.1, 0.15) is 11.9 Å². The predicted octanol–water partition coefficient (Wildman–Crippen LogP) is 3.33. The van der Waals surface area contributed by atoms with Gasteiger partial charge in [-0.05, 0) is 56.6 Å². The number of ether oxygens (including phenoxy) is 1. The van der Waals surface area contributed by atoms with Crippen LogP contribution in [0.5, 0.6) is 0 Å². The Morgan fingerprint density at radius 2 is 2.28 bits per heavy atom. The van der Waals surface area contributed by atoms with E-state index >= 15 is 0 Å². The molecule has 2 unspecified atom stereocenters. The molecule has 1 fully saturated rings. The number of carbonyl (C=O) groups excluding carboxylic acids is 1. The Labute approximate surface area is 174 Å². The lowest BCUT2D eigenvalue weighted by Gasteiger charge is -2.31. The summed E-state index contributed by atoms with van der Waals surface area (Å²) in [5, 5.41) is 5.17. The van der Waals surface area contributed by atoms with Crippen molar-refractivity contribution in [3.05, 3.63) is 36.2 Å². The van der Waals surface area contributed by atoms with Crippen LogP contribution in [0.1, 0.15) is 45.4 Å². The summed E-state index contributed by atoms with van der Waals surface area (Å²) in [6, 6.07) is -0.510. The van der Waals surface area contributed by atoms with E-state index in [1.54, 1.807) is 12.0 Å². The molecule has 0 aromatic rings. The number of nitrogens with zero attached hydrogens (tertiary/aromatic N) is 2. The van der Waals surface area contributed by atoms with Gasteiger partial charge >= 0.3 is 5.97 Å². The topological polar surface area (TPSA) is 54.0 Å². The van der Waals surface area contributed by atoms with Crippen LogP contribution in [0, 0.1) is 0 Å². The van der Waals surface area contributed by atoms with E-state index in [1.165, 1.54) is 7.11 Å². The van der Waals surface area contributed by atoms with E-state index in [9.17, 15) is 9.18 Å². The number of likely N-dealkylation sites (tertiary alicyclic amines) is 1. The molecule has 6 nitrogen and oxygen atoms in total. The number of hydrogen-bond acceptors (Lipinski definition) is 6. The maximum absolute atomic E-state index is 13.1. The number of rotatable bonds is 11. The van der Waals surface area contributed by atoms with Crippen LogP contribution in [-0.4, -0.2) is 68.0 Å². The molecule has 0 aromatic carbocycles. The third-order valence-corrected chi connectivity index (χ3v) is 5.54. The van der Waals surface area contributed by atoms with Crippen LogP contribution < -0.4 is 5.32 Å². The van der Waals surface area contributed by atoms with Gasteiger partial charge in [0.25, 0.3) is 0 Å². The Balaban J connectivity index is 1.96. The van der Waals surface area contributed by atoms with Gasteiger partial charge in [-0.15, -0.1) is 0 Å². The van der Waals surface area contributed by atoms with Crippen molar-refractivity contribution < 1.29 is 18.8 Å². The second kappa shape index (κ2) is 11.4. The first-order valence-electron chi connectivity index (χ1n) is 10.5. The average molecular weight is 410 g/mol. The van der Waals surface area contributed by atoms with Crippen molar-refractivity contribution in [1.29, 1.82) is 0 Å². The Hall–Kier alpha value is -1.86. The lowest BCUT2D eigenvalue weighted by Crippen LogP contribution is -2.43. The minimum Gasteiger partial charge on any atom is -0.468 e. The number of halogens is 1. The van der Waals surface area contributed by atoms with E-state index in [0.29, 0.717) is 25.8 Å². The highest BCUT2D eigenvalue weighted by molar-refractivity contribution is 5.79. The zero-order chi connectivity index (χ0) is 21.4. The average Bonchev–Trinajstić information content (AvgIpc) is 3.15. The molecular weight excluding hydrogens is 373 g/mol. The Morgan fingerprint density at radius 1 is 1.52 bits per heavy atom. The number of esters is 1. The van der Waals surface area contributed by atoms with Crippen LogP contribution in [0.25, 0.3) is 0 Å². The summed E-state index contributed by atoms with van der Waals surface area (Å²) >= 11 is 0. The van der Waals surface area contributed by atoms with Crippen LogP contribution in [0.3, 0.4) is 0 Å². The van der Waals surface area contributed by atoms with Crippen LogP contribution in [0.4, 0.5) is 4.39 Å². The minimum absolute atomic E-state index is 0.0342. The number of allylic oxidation sites excluding steroid dienone is 2. The normalized spacial score (nSPS) is 22.0. The SMILES string of the molecule is C=CC1=C(N(C)O[C@@H]2CCN(C(C(=C)CCCC(C)F)C(=O)OC)C2)NCCC1. The first-order chi connectivity index (χ1) is 13.9. The molecule has 2 aliphatic rings. The highest BCUT2D eigenvalue weighted by Gasteiger charge is 2.36. The van der Waals surface area contributed by atoms with Gasteiger partial charge in [0.2, 0.25) is 0 Å². The van der Waals surface area contributed by atoms with Gasteiger partial charge in [0.05, 0.1) is 19.4 Å². The zero-order valence-corrected chi connectivity index (χ0v) is 18.1. The summed E-state index contributed by atoms with van der Waals surface area (Å²) in [4.78, 5) is 20.6. The molecule has 2 heterocycles. The van der Waals surface area contributed by atoms with Gasteiger partial charge in [0, 0.05) is 26.7 Å². The number of alkyl halides is 1. The molecular formula is C22H36FN3O3. The molecule has 2 aliphatic heterocycles. The van der Waals surface area contributed by atoms with E-state index in [-0.39, 0.29) is 12.1 Å². The fourth-order valence-electron chi connectivity index (χ4n) is 4.01. The summed E-state index contributed by atoms with van der Waals surface area (Å²) in [5.41, 5.74) is 1.92. The molecule has 0 aromatic heterocycles. The molecule has 3 atom stereocenters. The summed E-state index contributed by atoms with van der Waals surface area (Å²) < 4.78 is 18.1. The Morgan fingerprint density at radius 3 is 2.93 bits per heavy atom. The summed E-state index contributed by atoms with van der Waals surface area (Å²) in [6.45, 7) is 11.8. The molecule has 1 N–H and O–H groups in total. The predicted molar refractivity (Wildman–Crippen MR) is 113 cm³/mol. The second-order valence-electron chi connectivity index (χ2n) is 7.87. The smallest absolute Gasteiger partial charge is 0.327 e. The molecule has 0 radical (unpaired) electrons. The molecule has 7 heteroatoms. The maximum Gasteiger partial charge on any atom is 0.327 e. The molecule has 0 saturated carbocycles. The zero-order valence-electron chi connectivity index (χ0n) is 18.1. The van der Waals surface area contributed by atoms with Crippen LogP contribution in [0.15, 0.2) is 36.2 Å². The lowest BCUT2D eigenvalue weighted by atomic mass is 10.0. The molecule has 0 bridgehead atoms. The molecule has 0 spiro atoms. The van der Waals surface area contributed by atoms with Crippen molar-refractivity contribution >= 4 is 5.97 Å². The molecule has 2 rings (SSSR count). The standard InChI is InChI=1S/C22H36FN3O3/c1-6-18-11-8-13-24-21(18)25(4)29-19-12-14-26(15-19)20(22(27)28-5)16(2)9-7-10-17(3)23/h6,17,19-20,24H,1-2,7-15H2,3-5H3/t17?,19-,20?/m1/s1. The van der Waals surface area contributed by atoms with E-state index in [2.05, 4.69) is 23.4 Å². The van der Waals surface area contributed by atoms with E-state index in [1.807, 2.05) is 13.1 Å². The lowest BCUT2D eigenvalue weighted by molar-refractivity contribution is -0.159. The third kappa shape index (κ3) is 6.57. The summed E-state index contributed by atoms with van der Waals surface area (Å²) in [6.07, 6.45) is 5.62. The fraction of sp³-hybridized carbons (Fsp3) is 0.682. The molecule has 164 valence electrons. The van der Waals surface area contributed by atoms with Crippen molar-refractivity contribution in [2.24, 2.45) is 0 Å². The number of nitrogens with one attached hydrogen (secondary N) is 1. The minimum atomic E-state index is -0.845. The molecule has 29 heavy (non-hydrogen) atoms. The molecule has 0 aliphatic carbocycles. The number of hydroxylamine groups is 2. The largest absolute Gasteiger partial charge is 0.468 e. The van der Waals surface area contributed by atoms with Crippen molar-refractivity contribution in [2.45, 2.75) is 63.8 Å². The summed E-state index contributed by atoms with van der Waals surface area (Å²) in [5.74, 6) is 0.641. The number of methoxy groups -OCH3 is 1. The van der Waals surface area contributed by atoms with Crippen molar-refractivity contribution in [1.82, 2.24) is 15.3 Å². The highest BCUT2D eigenvalue weighted by atomic mass is 19.1. The van der Waals surface area contributed by atoms with Crippen molar-refractivity contribution in [3.63, 3.8) is 0 Å². The van der Waals surface area contributed by atoms with Gasteiger partial charge in [-0.1, -0.05) is 19.2 Å². The van der Waals surface area contributed by atoms with E-state index in [0.717, 1.165) is 49.3 Å². The fourth-order valence-corrected chi connectivity index (χ4v) is 4.01.